The SMILES string of the molecule is c1ccc2c(c1)O[B-]1(c3ccccc3-c3ccccc31)[n+]1c-2oc2ccccc21. The Labute approximate surface area is 167 Å². The van der Waals surface area contributed by atoms with Gasteiger partial charge in [0, 0.05) is 6.07 Å². The second-order valence-corrected chi connectivity index (χ2v) is 7.78. The van der Waals surface area contributed by atoms with Crippen molar-refractivity contribution in [2.24, 2.45) is 0 Å². The zero-order chi connectivity index (χ0) is 19.0. The minimum Gasteiger partial charge on any atom is -0.650 e. The van der Waals surface area contributed by atoms with Gasteiger partial charge in [0.05, 0.1) is 5.75 Å². The van der Waals surface area contributed by atoms with Crippen LogP contribution in [0, 0.1) is 0 Å². The maximum absolute atomic E-state index is 6.99. The normalized spacial score (nSPS) is 14.8. The summed E-state index contributed by atoms with van der Waals surface area (Å²) in [5.41, 5.74) is 7.74. The molecule has 0 unspecified atom stereocenters. The van der Waals surface area contributed by atoms with E-state index in [0.717, 1.165) is 28.3 Å². The molecule has 0 N–H and O–H groups in total. The maximum Gasteiger partial charge on any atom is 0.517 e. The first-order chi connectivity index (χ1) is 14.4. The molecule has 0 saturated carbocycles. The molecule has 0 aliphatic carbocycles. The first-order valence-corrected chi connectivity index (χ1v) is 9.94. The van der Waals surface area contributed by atoms with Gasteiger partial charge in [-0.05, 0) is 29.3 Å². The van der Waals surface area contributed by atoms with Crippen LogP contribution in [0.1, 0.15) is 0 Å². The highest BCUT2D eigenvalue weighted by Gasteiger charge is 2.57. The molecule has 136 valence electrons. The van der Waals surface area contributed by atoms with E-state index in [-0.39, 0.29) is 0 Å². The number of hydrogen-bond donors (Lipinski definition) is 0. The third-order valence-electron chi connectivity index (χ3n) is 6.38. The first kappa shape index (κ1) is 15.2. The first-order valence-electron chi connectivity index (χ1n) is 9.94. The van der Waals surface area contributed by atoms with E-state index < -0.39 is 6.48 Å². The Morgan fingerprint density at radius 2 is 1.17 bits per heavy atom. The molecular formula is C25H16BNO2. The number of oxazole rings is 1. The van der Waals surface area contributed by atoms with Crippen LogP contribution in [0.2, 0.25) is 0 Å². The standard InChI is InChI=1S/C25H16BNO2/c1-4-12-20-17(9-1)18-10-2-5-13-21(18)26(20)27-22-14-6-8-16-24(22)28-25(27)19-11-3-7-15-23(19)29-26/h1-16H. The Hall–Kier alpha value is -3.79. The van der Waals surface area contributed by atoms with Crippen molar-refractivity contribution in [3.8, 4) is 28.3 Å². The van der Waals surface area contributed by atoms with Gasteiger partial charge in [0.1, 0.15) is 5.56 Å². The van der Waals surface area contributed by atoms with Crippen LogP contribution < -0.4 is 20.1 Å². The van der Waals surface area contributed by atoms with Crippen molar-refractivity contribution in [1.29, 1.82) is 0 Å². The summed E-state index contributed by atoms with van der Waals surface area (Å²) in [6, 6.07) is 33.5. The molecule has 1 aromatic heterocycles. The molecule has 4 aromatic carbocycles. The molecule has 3 heterocycles. The summed E-state index contributed by atoms with van der Waals surface area (Å²) in [6.07, 6.45) is 0. The van der Waals surface area contributed by atoms with E-state index in [9.17, 15) is 0 Å². The fourth-order valence-electron chi connectivity index (χ4n) is 5.27. The van der Waals surface area contributed by atoms with Gasteiger partial charge in [0.25, 0.3) is 0 Å². The highest BCUT2D eigenvalue weighted by molar-refractivity contribution is 6.95. The van der Waals surface area contributed by atoms with Crippen LogP contribution >= 0.6 is 0 Å². The van der Waals surface area contributed by atoms with Gasteiger partial charge in [-0.25, -0.2) is 0 Å². The van der Waals surface area contributed by atoms with Gasteiger partial charge >= 0.3 is 12.4 Å². The number of aromatic nitrogens is 1. The summed E-state index contributed by atoms with van der Waals surface area (Å²) in [6.45, 7) is -1.71. The summed E-state index contributed by atoms with van der Waals surface area (Å²) in [5, 5.41) is 0. The molecule has 0 amide bonds. The van der Waals surface area contributed by atoms with Gasteiger partial charge in [-0.1, -0.05) is 83.7 Å². The zero-order valence-electron chi connectivity index (χ0n) is 15.6. The molecular weight excluding hydrogens is 357 g/mol. The molecule has 0 radical (unpaired) electrons. The number of rotatable bonds is 0. The van der Waals surface area contributed by atoms with Crippen LogP contribution in [-0.2, 0) is 0 Å². The minimum atomic E-state index is -1.71. The van der Waals surface area contributed by atoms with Crippen molar-refractivity contribution in [2.75, 3.05) is 0 Å². The highest BCUT2D eigenvalue weighted by Crippen LogP contribution is 2.39. The van der Waals surface area contributed by atoms with Crippen molar-refractivity contribution < 1.29 is 13.5 Å². The van der Waals surface area contributed by atoms with Crippen LogP contribution in [-0.4, -0.2) is 6.48 Å². The Morgan fingerprint density at radius 1 is 0.586 bits per heavy atom. The molecule has 0 atom stereocenters. The van der Waals surface area contributed by atoms with E-state index in [1.807, 2.05) is 30.3 Å². The van der Waals surface area contributed by atoms with E-state index in [4.69, 9.17) is 9.07 Å². The van der Waals surface area contributed by atoms with E-state index in [2.05, 4.69) is 71.2 Å². The van der Waals surface area contributed by atoms with Crippen molar-refractivity contribution >= 4 is 28.5 Å². The summed E-state index contributed by atoms with van der Waals surface area (Å²) < 4.78 is 15.7. The third-order valence-corrected chi connectivity index (χ3v) is 6.38. The van der Waals surface area contributed by atoms with Crippen molar-refractivity contribution in [2.45, 2.75) is 0 Å². The van der Waals surface area contributed by atoms with Gasteiger partial charge in [0.15, 0.2) is 5.58 Å². The van der Waals surface area contributed by atoms with E-state index in [1.165, 1.54) is 22.1 Å². The van der Waals surface area contributed by atoms with Crippen LogP contribution in [0.3, 0.4) is 0 Å². The summed E-state index contributed by atoms with van der Waals surface area (Å²) >= 11 is 0. The lowest BCUT2D eigenvalue weighted by molar-refractivity contribution is -0.518. The molecule has 29 heavy (non-hydrogen) atoms. The molecule has 7 rings (SSSR count). The number of nitrogens with zero attached hydrogens (tertiary/aromatic N) is 1. The Morgan fingerprint density at radius 3 is 1.93 bits per heavy atom. The highest BCUT2D eigenvalue weighted by atomic mass is 16.5. The van der Waals surface area contributed by atoms with Gasteiger partial charge in [-0.3, -0.25) is 0 Å². The van der Waals surface area contributed by atoms with Crippen LogP contribution in [0.25, 0.3) is 33.7 Å². The van der Waals surface area contributed by atoms with Gasteiger partial charge < -0.3 is 13.5 Å². The predicted molar refractivity (Wildman–Crippen MR) is 115 cm³/mol. The maximum atomic E-state index is 6.99. The van der Waals surface area contributed by atoms with Crippen LogP contribution in [0.15, 0.2) is 101 Å². The van der Waals surface area contributed by atoms with Crippen LogP contribution in [0.4, 0.5) is 0 Å². The number of fused-ring (bicyclic) bond motifs is 11. The smallest absolute Gasteiger partial charge is 0.517 e. The summed E-state index contributed by atoms with van der Waals surface area (Å²) in [7, 11) is 0. The molecule has 3 nitrogen and oxygen atoms in total. The topological polar surface area (TPSA) is 26.2 Å². The predicted octanol–water partition coefficient (Wildman–Crippen LogP) is 3.86. The monoisotopic (exact) mass is 373 g/mol. The third kappa shape index (κ3) is 1.73. The van der Waals surface area contributed by atoms with Crippen LogP contribution in [0.5, 0.6) is 5.75 Å². The summed E-state index contributed by atoms with van der Waals surface area (Å²) in [5.74, 6) is 1.71. The molecule has 2 aliphatic rings. The zero-order valence-corrected chi connectivity index (χ0v) is 15.6. The van der Waals surface area contributed by atoms with Crippen molar-refractivity contribution in [3.63, 3.8) is 0 Å². The second-order valence-electron chi connectivity index (χ2n) is 7.78. The molecule has 2 aliphatic heterocycles. The number of benzene rings is 4. The van der Waals surface area contributed by atoms with Gasteiger partial charge in [-0.15, -0.1) is 0 Å². The lowest BCUT2D eigenvalue weighted by Crippen LogP contribution is -2.82. The average molecular weight is 373 g/mol. The van der Waals surface area contributed by atoms with Gasteiger partial charge in [0.2, 0.25) is 5.52 Å². The van der Waals surface area contributed by atoms with E-state index in [0.29, 0.717) is 0 Å². The Bertz CT molecular complexity index is 1410. The minimum absolute atomic E-state index is 0.847. The molecule has 0 bridgehead atoms. The van der Waals surface area contributed by atoms with Gasteiger partial charge in [-0.2, -0.15) is 0 Å². The number of hydrogen-bond acceptors (Lipinski definition) is 2. The molecule has 4 heteroatoms. The van der Waals surface area contributed by atoms with E-state index >= 15 is 0 Å². The van der Waals surface area contributed by atoms with Crippen molar-refractivity contribution in [3.05, 3.63) is 97.1 Å². The summed E-state index contributed by atoms with van der Waals surface area (Å²) in [4.78, 5) is 0. The van der Waals surface area contributed by atoms with Crippen molar-refractivity contribution in [1.82, 2.24) is 0 Å². The number of para-hydroxylation sites is 3. The average Bonchev–Trinajstić information content (AvgIpc) is 3.30. The molecule has 1 spiro atoms. The Balaban J connectivity index is 1.72. The quantitative estimate of drug-likeness (QED) is 0.386. The fourth-order valence-corrected chi connectivity index (χ4v) is 5.27. The lowest BCUT2D eigenvalue weighted by Gasteiger charge is -2.37. The lowest BCUT2D eigenvalue weighted by atomic mass is 9.43. The fraction of sp³-hybridized carbons (Fsp3) is 0. The molecule has 0 saturated heterocycles. The molecule has 5 aromatic rings. The van der Waals surface area contributed by atoms with E-state index in [1.54, 1.807) is 0 Å². The second kappa shape index (κ2) is 5.18. The Kier molecular flexibility index (Phi) is 2.71. The molecule has 0 fully saturated rings. The largest absolute Gasteiger partial charge is 0.650 e.